The molecule has 1 aliphatic heterocycles. The number of fused-ring (bicyclic) bond motifs is 1. The van der Waals surface area contributed by atoms with Crippen LogP contribution in [-0.2, 0) is 17.5 Å². The molecule has 1 saturated heterocycles. The lowest BCUT2D eigenvalue weighted by Gasteiger charge is -2.23. The first kappa shape index (κ1) is 20.0. The molecule has 158 valence electrons. The number of oxazole rings is 1. The maximum Gasteiger partial charge on any atom is 0.420 e. The lowest BCUT2D eigenvalue weighted by atomic mass is 10.2. The summed E-state index contributed by atoms with van der Waals surface area (Å²) in [6.07, 6.45) is -2.97. The van der Waals surface area contributed by atoms with Gasteiger partial charge in [-0.3, -0.25) is 9.36 Å². The summed E-state index contributed by atoms with van der Waals surface area (Å²) in [4.78, 5) is 32.3. The highest BCUT2D eigenvalue weighted by molar-refractivity contribution is 5.79. The number of hydrogen-bond acceptors (Lipinski definition) is 5. The van der Waals surface area contributed by atoms with E-state index in [0.717, 1.165) is 12.3 Å². The molecule has 1 aromatic carbocycles. The van der Waals surface area contributed by atoms with Crippen molar-refractivity contribution in [2.24, 2.45) is 0 Å². The molecule has 0 radical (unpaired) electrons. The molecule has 0 N–H and O–H groups in total. The van der Waals surface area contributed by atoms with Gasteiger partial charge in [0.15, 0.2) is 5.58 Å². The van der Waals surface area contributed by atoms with Crippen LogP contribution in [0.15, 0.2) is 51.8 Å². The van der Waals surface area contributed by atoms with E-state index in [1.165, 1.54) is 10.6 Å². The molecule has 0 aliphatic carbocycles. The van der Waals surface area contributed by atoms with Crippen LogP contribution < -0.4 is 10.7 Å². The minimum atomic E-state index is -4.43. The molecule has 7 nitrogen and oxygen atoms in total. The average molecular weight is 420 g/mol. The van der Waals surface area contributed by atoms with Crippen LogP contribution in [0.3, 0.4) is 0 Å². The van der Waals surface area contributed by atoms with Gasteiger partial charge in [0.05, 0.1) is 11.1 Å². The topological polar surface area (TPSA) is 71.6 Å². The highest BCUT2D eigenvalue weighted by Gasteiger charge is 2.31. The average Bonchev–Trinajstić information content (AvgIpc) is 2.89. The zero-order valence-corrected chi connectivity index (χ0v) is 15.9. The second kappa shape index (κ2) is 7.85. The molecule has 10 heteroatoms. The van der Waals surface area contributed by atoms with Gasteiger partial charge in [-0.15, -0.1) is 0 Å². The fraction of sp³-hybridized carbons (Fsp3) is 0.350. The molecular weight excluding hydrogens is 401 g/mol. The van der Waals surface area contributed by atoms with Crippen LogP contribution in [0.4, 0.5) is 19.0 Å². The van der Waals surface area contributed by atoms with E-state index in [-0.39, 0.29) is 12.5 Å². The quantitative estimate of drug-likeness (QED) is 0.652. The number of alkyl halides is 3. The van der Waals surface area contributed by atoms with Gasteiger partial charge in [-0.1, -0.05) is 12.1 Å². The molecule has 0 spiro atoms. The summed E-state index contributed by atoms with van der Waals surface area (Å²) >= 11 is 0. The number of amides is 1. The molecule has 2 aromatic heterocycles. The van der Waals surface area contributed by atoms with Crippen molar-refractivity contribution < 1.29 is 22.4 Å². The van der Waals surface area contributed by atoms with Crippen LogP contribution in [0.25, 0.3) is 11.1 Å². The first-order chi connectivity index (χ1) is 14.3. The summed E-state index contributed by atoms with van der Waals surface area (Å²) in [6.45, 7) is 1.74. The third-order valence-electron chi connectivity index (χ3n) is 5.11. The number of pyridine rings is 1. The SMILES string of the molecule is O=C(Cn1c(=O)oc2ccccc21)N1CCCN(c2ccc(C(F)(F)F)cn2)CC1. The van der Waals surface area contributed by atoms with Crippen molar-refractivity contribution in [3.63, 3.8) is 0 Å². The van der Waals surface area contributed by atoms with Gasteiger partial charge in [-0.25, -0.2) is 9.78 Å². The molecule has 3 aromatic rings. The first-order valence-corrected chi connectivity index (χ1v) is 9.47. The van der Waals surface area contributed by atoms with Gasteiger partial charge in [0.1, 0.15) is 12.4 Å². The number of benzene rings is 1. The van der Waals surface area contributed by atoms with Crippen molar-refractivity contribution in [1.82, 2.24) is 14.5 Å². The predicted octanol–water partition coefficient (Wildman–Crippen LogP) is 2.75. The number of rotatable bonds is 3. The summed E-state index contributed by atoms with van der Waals surface area (Å²) in [5.41, 5.74) is 0.183. The Labute approximate surface area is 169 Å². The van der Waals surface area contributed by atoms with Crippen LogP contribution in [0.5, 0.6) is 0 Å². The van der Waals surface area contributed by atoms with Gasteiger partial charge in [0, 0.05) is 32.4 Å². The van der Waals surface area contributed by atoms with Crippen LogP contribution in [0, 0.1) is 0 Å². The van der Waals surface area contributed by atoms with Gasteiger partial charge in [0.2, 0.25) is 5.91 Å². The van der Waals surface area contributed by atoms with E-state index < -0.39 is 17.5 Å². The first-order valence-electron chi connectivity index (χ1n) is 9.47. The largest absolute Gasteiger partial charge is 0.420 e. The fourth-order valence-corrected chi connectivity index (χ4v) is 3.54. The molecule has 0 bridgehead atoms. The van der Waals surface area contributed by atoms with E-state index in [4.69, 9.17) is 4.42 Å². The summed E-state index contributed by atoms with van der Waals surface area (Å²) in [5, 5.41) is 0. The number of hydrogen-bond donors (Lipinski definition) is 0. The van der Waals surface area contributed by atoms with Crippen molar-refractivity contribution >= 4 is 22.8 Å². The van der Waals surface area contributed by atoms with Crippen molar-refractivity contribution in [3.8, 4) is 0 Å². The van der Waals surface area contributed by atoms with Gasteiger partial charge in [-0.2, -0.15) is 13.2 Å². The smallest absolute Gasteiger partial charge is 0.408 e. The van der Waals surface area contributed by atoms with Crippen LogP contribution in [0.2, 0.25) is 0 Å². The summed E-state index contributed by atoms with van der Waals surface area (Å²) in [7, 11) is 0. The Bertz CT molecular complexity index is 1100. The van der Waals surface area contributed by atoms with E-state index in [9.17, 15) is 22.8 Å². The van der Waals surface area contributed by atoms with E-state index in [1.54, 1.807) is 29.2 Å². The minimum Gasteiger partial charge on any atom is -0.408 e. The van der Waals surface area contributed by atoms with Gasteiger partial charge < -0.3 is 14.2 Å². The molecule has 1 aliphatic rings. The lowest BCUT2D eigenvalue weighted by molar-refractivity contribution is -0.137. The predicted molar refractivity (Wildman–Crippen MR) is 103 cm³/mol. The van der Waals surface area contributed by atoms with Gasteiger partial charge in [0.25, 0.3) is 0 Å². The molecule has 3 heterocycles. The Kier molecular flexibility index (Phi) is 5.23. The van der Waals surface area contributed by atoms with Crippen molar-refractivity contribution in [2.45, 2.75) is 19.1 Å². The molecule has 4 rings (SSSR count). The zero-order chi connectivity index (χ0) is 21.3. The summed E-state index contributed by atoms with van der Waals surface area (Å²) < 4.78 is 44.6. The number of aromatic nitrogens is 2. The molecule has 1 amide bonds. The van der Waals surface area contributed by atoms with Crippen LogP contribution in [0.1, 0.15) is 12.0 Å². The van der Waals surface area contributed by atoms with E-state index in [2.05, 4.69) is 4.98 Å². The second-order valence-electron chi connectivity index (χ2n) is 7.05. The highest BCUT2D eigenvalue weighted by Crippen LogP contribution is 2.29. The Morgan fingerprint density at radius 3 is 2.60 bits per heavy atom. The van der Waals surface area contributed by atoms with Crippen LogP contribution in [-0.4, -0.2) is 46.5 Å². The van der Waals surface area contributed by atoms with Crippen molar-refractivity contribution in [1.29, 1.82) is 0 Å². The van der Waals surface area contributed by atoms with Crippen LogP contribution >= 0.6 is 0 Å². The number of carbonyl (C=O) groups is 1. The molecule has 30 heavy (non-hydrogen) atoms. The minimum absolute atomic E-state index is 0.131. The number of halogens is 3. The highest BCUT2D eigenvalue weighted by atomic mass is 19.4. The normalized spacial score (nSPS) is 15.4. The number of para-hydroxylation sites is 2. The maximum atomic E-state index is 12.8. The monoisotopic (exact) mass is 420 g/mol. The molecule has 0 unspecified atom stereocenters. The Morgan fingerprint density at radius 1 is 1.07 bits per heavy atom. The summed E-state index contributed by atoms with van der Waals surface area (Å²) in [5.74, 6) is -0.366. The van der Waals surface area contributed by atoms with Crippen molar-refractivity contribution in [3.05, 3.63) is 58.7 Å². The van der Waals surface area contributed by atoms with E-state index in [1.807, 2.05) is 4.90 Å². The summed E-state index contributed by atoms with van der Waals surface area (Å²) in [6, 6.07) is 9.24. The van der Waals surface area contributed by atoms with E-state index in [0.29, 0.717) is 49.5 Å². The third kappa shape index (κ3) is 4.03. The number of nitrogens with zero attached hydrogens (tertiary/aromatic N) is 4. The zero-order valence-electron chi connectivity index (χ0n) is 15.9. The standard InChI is InChI=1S/C20H19F3N4O3/c21-20(22,23)14-6-7-17(24-12-14)25-8-3-9-26(11-10-25)18(28)13-27-15-4-1-2-5-16(15)30-19(27)29/h1-2,4-7,12H,3,8-11,13H2. The molecule has 0 saturated carbocycles. The Balaban J connectivity index is 1.43. The van der Waals surface area contributed by atoms with Gasteiger partial charge >= 0.3 is 11.9 Å². The second-order valence-corrected chi connectivity index (χ2v) is 7.05. The number of carbonyl (C=O) groups excluding carboxylic acids is 1. The van der Waals surface area contributed by atoms with Gasteiger partial charge in [-0.05, 0) is 30.7 Å². The number of anilines is 1. The lowest BCUT2D eigenvalue weighted by Crippen LogP contribution is -2.38. The third-order valence-corrected chi connectivity index (χ3v) is 5.11. The van der Waals surface area contributed by atoms with E-state index >= 15 is 0 Å². The van der Waals surface area contributed by atoms with Crippen molar-refractivity contribution in [2.75, 3.05) is 31.1 Å². The Hall–Kier alpha value is -3.30. The molecule has 0 atom stereocenters. The maximum absolute atomic E-state index is 12.8. The Morgan fingerprint density at radius 2 is 1.87 bits per heavy atom. The fourth-order valence-electron chi connectivity index (χ4n) is 3.54. The molecule has 1 fully saturated rings. The molecular formula is C20H19F3N4O3.